The van der Waals surface area contributed by atoms with Gasteiger partial charge in [0, 0.05) is 0 Å². The van der Waals surface area contributed by atoms with Gasteiger partial charge in [-0.1, -0.05) is 36.4 Å². The van der Waals surface area contributed by atoms with E-state index in [9.17, 15) is 0 Å². The Labute approximate surface area is 87.3 Å². The maximum Gasteiger partial charge on any atom is 0.246 e. The van der Waals surface area contributed by atoms with Crippen molar-refractivity contribution < 1.29 is 4.43 Å². The fraction of sp³-hybridized carbons (Fsp3) is 0.167. The van der Waals surface area contributed by atoms with Crippen LogP contribution in [0.3, 0.4) is 0 Å². The highest BCUT2D eigenvalue weighted by Crippen LogP contribution is 2.22. The molecule has 0 heterocycles. The summed E-state index contributed by atoms with van der Waals surface area (Å²) < 4.78 is 5.02. The number of benzene rings is 2. The van der Waals surface area contributed by atoms with Gasteiger partial charge in [0.2, 0.25) is 10.5 Å². The maximum absolute atomic E-state index is 5.02. The predicted molar refractivity (Wildman–Crippen MR) is 59.2 cm³/mol. The van der Waals surface area contributed by atoms with Crippen LogP contribution in [-0.4, -0.2) is 10.5 Å². The normalized spacial score (nSPS) is 10.7. The topological polar surface area (TPSA) is 9.23 Å². The van der Waals surface area contributed by atoms with Crippen molar-refractivity contribution in [1.29, 1.82) is 0 Å². The molecule has 0 spiro atoms. The van der Waals surface area contributed by atoms with E-state index in [0.29, 0.717) is 6.61 Å². The van der Waals surface area contributed by atoms with E-state index in [2.05, 4.69) is 53.8 Å². The first-order valence-corrected chi connectivity index (χ1v) is 4.99. The molecule has 0 aromatic heterocycles. The number of rotatable bonds is 2. The summed E-state index contributed by atoms with van der Waals surface area (Å²) in [6.45, 7) is 2.71. The average Bonchev–Trinajstić information content (AvgIpc) is 2.23. The number of fused-ring (bicyclic) bond motifs is 1. The minimum Gasteiger partial charge on any atom is -0.414 e. The fourth-order valence-electron chi connectivity index (χ4n) is 1.71. The molecule has 0 saturated heterocycles. The van der Waals surface area contributed by atoms with Gasteiger partial charge in [-0.05, 0) is 28.8 Å². The second-order valence-corrected chi connectivity index (χ2v) is 3.66. The molecule has 0 amide bonds. The van der Waals surface area contributed by atoms with Crippen molar-refractivity contribution in [3.8, 4) is 0 Å². The van der Waals surface area contributed by atoms with E-state index in [0.717, 1.165) is 0 Å². The highest BCUT2D eigenvalue weighted by molar-refractivity contribution is 5.98. The summed E-state index contributed by atoms with van der Waals surface area (Å²) in [4.78, 5) is 0. The number of hydrogen-bond acceptors (Lipinski definition) is 1. The lowest BCUT2D eigenvalue weighted by Gasteiger charge is -2.08. The Morgan fingerprint density at radius 1 is 1.14 bits per heavy atom. The molecule has 2 aromatic rings. The van der Waals surface area contributed by atoms with E-state index in [1.165, 1.54) is 21.9 Å². The van der Waals surface area contributed by atoms with Gasteiger partial charge in [0.25, 0.3) is 0 Å². The first kappa shape index (κ1) is 9.43. The maximum atomic E-state index is 5.02. The second kappa shape index (κ2) is 3.94. The fourth-order valence-corrected chi connectivity index (χ4v) is 1.85. The zero-order valence-corrected chi connectivity index (χ0v) is 9.08. The summed E-state index contributed by atoms with van der Waals surface area (Å²) >= 11 is 0. The summed E-state index contributed by atoms with van der Waals surface area (Å²) in [6, 6.07) is 12.6. The molecule has 2 heteroatoms. The molecule has 0 saturated carbocycles. The number of aryl methyl sites for hydroxylation is 1. The Kier molecular flexibility index (Phi) is 2.66. The van der Waals surface area contributed by atoms with E-state index >= 15 is 0 Å². The summed E-state index contributed by atoms with van der Waals surface area (Å²) in [7, 11) is 3.05. The quantitative estimate of drug-likeness (QED) is 0.676. The van der Waals surface area contributed by atoms with E-state index in [1.54, 1.807) is 0 Å². The van der Waals surface area contributed by atoms with Crippen LogP contribution in [0.2, 0.25) is 0 Å². The van der Waals surface area contributed by atoms with E-state index in [-0.39, 0.29) is 0 Å². The lowest BCUT2D eigenvalue weighted by molar-refractivity contribution is 0.339. The zero-order valence-electron chi connectivity index (χ0n) is 8.08. The van der Waals surface area contributed by atoms with Crippen LogP contribution in [-0.2, 0) is 11.0 Å². The smallest absolute Gasteiger partial charge is 0.246 e. The minimum absolute atomic E-state index is 0.601. The molecule has 0 aliphatic heterocycles. The largest absolute Gasteiger partial charge is 0.414 e. The van der Waals surface area contributed by atoms with Crippen LogP contribution >= 0.6 is 0 Å². The first-order valence-electron chi connectivity index (χ1n) is 4.58. The molecule has 2 aromatic carbocycles. The molecule has 2 rings (SSSR count). The van der Waals surface area contributed by atoms with Gasteiger partial charge in [0.15, 0.2) is 0 Å². The van der Waals surface area contributed by atoms with Crippen molar-refractivity contribution in [3.63, 3.8) is 0 Å². The molecule has 0 bridgehead atoms. The van der Waals surface area contributed by atoms with Crippen molar-refractivity contribution in [1.82, 2.24) is 0 Å². The van der Waals surface area contributed by atoms with E-state index in [1.807, 2.05) is 0 Å². The molecule has 3 radical (unpaired) electrons. The molecule has 0 aliphatic rings. The highest BCUT2D eigenvalue weighted by atomic mass is 28.2. The SMILES string of the molecule is Cc1ccc2ccccc2c1CO[Si]. The zero-order chi connectivity index (χ0) is 9.97. The van der Waals surface area contributed by atoms with Crippen molar-refractivity contribution in [2.75, 3.05) is 0 Å². The average molecular weight is 199 g/mol. The Morgan fingerprint density at radius 3 is 2.71 bits per heavy atom. The summed E-state index contributed by atoms with van der Waals surface area (Å²) in [5, 5.41) is 2.53. The molecule has 0 N–H and O–H groups in total. The predicted octanol–water partition coefficient (Wildman–Crippen LogP) is 2.75. The third-order valence-electron chi connectivity index (χ3n) is 2.49. The van der Waals surface area contributed by atoms with Crippen molar-refractivity contribution >= 4 is 21.3 Å². The van der Waals surface area contributed by atoms with Crippen molar-refractivity contribution in [3.05, 3.63) is 47.5 Å². The molecule has 14 heavy (non-hydrogen) atoms. The molecular formula is C12H11OSi. The first-order chi connectivity index (χ1) is 6.83. The Morgan fingerprint density at radius 2 is 1.93 bits per heavy atom. The Hall–Kier alpha value is -1.12. The third kappa shape index (κ3) is 1.58. The lowest BCUT2D eigenvalue weighted by atomic mass is 10.0. The molecule has 0 atom stereocenters. The Balaban J connectivity index is 2.69. The summed E-state index contributed by atoms with van der Waals surface area (Å²) in [6.07, 6.45) is 0. The van der Waals surface area contributed by atoms with E-state index in [4.69, 9.17) is 4.43 Å². The van der Waals surface area contributed by atoms with Crippen LogP contribution in [0.25, 0.3) is 10.8 Å². The van der Waals surface area contributed by atoms with Crippen molar-refractivity contribution in [2.24, 2.45) is 0 Å². The van der Waals surface area contributed by atoms with Gasteiger partial charge < -0.3 is 4.43 Å². The van der Waals surface area contributed by atoms with Crippen LogP contribution in [0.4, 0.5) is 0 Å². The van der Waals surface area contributed by atoms with Gasteiger partial charge in [0.05, 0.1) is 6.61 Å². The van der Waals surface area contributed by atoms with Gasteiger partial charge in [-0.2, -0.15) is 0 Å². The molecule has 0 aliphatic carbocycles. The Bertz CT molecular complexity index is 451. The van der Waals surface area contributed by atoms with Gasteiger partial charge in [-0.15, -0.1) is 0 Å². The van der Waals surface area contributed by atoms with Gasteiger partial charge >= 0.3 is 0 Å². The van der Waals surface area contributed by atoms with E-state index < -0.39 is 0 Å². The summed E-state index contributed by atoms with van der Waals surface area (Å²) in [5.41, 5.74) is 2.51. The standard InChI is InChI=1S/C12H11OSi/c1-9-6-7-10-4-2-3-5-11(10)12(9)8-13-14/h2-7H,8H2,1H3. The van der Waals surface area contributed by atoms with Crippen molar-refractivity contribution in [2.45, 2.75) is 13.5 Å². The van der Waals surface area contributed by atoms with Crippen LogP contribution in [0.1, 0.15) is 11.1 Å². The van der Waals surface area contributed by atoms with Crippen LogP contribution in [0.15, 0.2) is 36.4 Å². The van der Waals surface area contributed by atoms with Crippen LogP contribution < -0.4 is 0 Å². The molecule has 0 fully saturated rings. The molecule has 69 valence electrons. The van der Waals surface area contributed by atoms with Gasteiger partial charge in [-0.3, -0.25) is 0 Å². The van der Waals surface area contributed by atoms with Gasteiger partial charge in [-0.25, -0.2) is 0 Å². The number of hydrogen-bond donors (Lipinski definition) is 0. The molecular weight excluding hydrogens is 188 g/mol. The summed E-state index contributed by atoms with van der Waals surface area (Å²) in [5.74, 6) is 0. The van der Waals surface area contributed by atoms with Gasteiger partial charge in [0.1, 0.15) is 0 Å². The molecule has 1 nitrogen and oxygen atoms in total. The monoisotopic (exact) mass is 199 g/mol. The van der Waals surface area contributed by atoms with Crippen LogP contribution in [0.5, 0.6) is 0 Å². The lowest BCUT2D eigenvalue weighted by Crippen LogP contribution is -1.93. The molecule has 0 unspecified atom stereocenters. The van der Waals surface area contributed by atoms with Crippen LogP contribution in [0, 0.1) is 6.92 Å². The second-order valence-electron chi connectivity index (χ2n) is 3.37. The third-order valence-corrected chi connectivity index (χ3v) is 2.64. The minimum atomic E-state index is 0.601. The highest BCUT2D eigenvalue weighted by Gasteiger charge is 2.02.